The van der Waals surface area contributed by atoms with Crippen LogP contribution in [0.2, 0.25) is 0 Å². The van der Waals surface area contributed by atoms with Crippen LogP contribution in [0.4, 0.5) is 10.1 Å². The molecule has 0 saturated carbocycles. The van der Waals surface area contributed by atoms with Crippen LogP contribution in [0.5, 0.6) is 5.75 Å². The molecule has 11 heteroatoms. The Morgan fingerprint density at radius 1 is 1.09 bits per heavy atom. The van der Waals surface area contributed by atoms with Gasteiger partial charge in [0.25, 0.3) is 0 Å². The van der Waals surface area contributed by atoms with Gasteiger partial charge in [0.05, 0.1) is 12.8 Å². The van der Waals surface area contributed by atoms with Gasteiger partial charge in [-0.3, -0.25) is 9.59 Å². The van der Waals surface area contributed by atoms with Crippen molar-refractivity contribution in [3.05, 3.63) is 59.9 Å². The number of hydrogen-bond donors (Lipinski definition) is 1. The van der Waals surface area contributed by atoms with Gasteiger partial charge in [-0.15, -0.1) is 0 Å². The zero-order chi connectivity index (χ0) is 26.2. The number of rotatable bonds is 12. The maximum atomic E-state index is 13.6. The van der Waals surface area contributed by atoms with Gasteiger partial charge in [0, 0.05) is 27.2 Å². The first kappa shape index (κ1) is 28.1. The summed E-state index contributed by atoms with van der Waals surface area (Å²) in [4.78, 5) is 27.8. The maximum absolute atomic E-state index is 13.6. The molecule has 2 aromatic rings. The van der Waals surface area contributed by atoms with Crippen molar-refractivity contribution in [3.8, 4) is 5.75 Å². The van der Waals surface area contributed by atoms with Gasteiger partial charge < -0.3 is 15.0 Å². The summed E-state index contributed by atoms with van der Waals surface area (Å²) < 4.78 is 46.8. The van der Waals surface area contributed by atoms with Gasteiger partial charge in [-0.1, -0.05) is 19.1 Å². The number of carbonyl (C=O) groups is 2. The molecule has 9 nitrogen and oxygen atoms in total. The minimum absolute atomic E-state index is 0.0605. The van der Waals surface area contributed by atoms with Gasteiger partial charge in [0.2, 0.25) is 11.8 Å². The summed E-state index contributed by atoms with van der Waals surface area (Å²) in [6, 6.07) is 11.1. The third kappa shape index (κ3) is 7.15. The van der Waals surface area contributed by atoms with Crippen molar-refractivity contribution >= 4 is 27.7 Å². The third-order valence-corrected chi connectivity index (χ3v) is 7.18. The second kappa shape index (κ2) is 12.5. The Morgan fingerprint density at radius 2 is 1.74 bits per heavy atom. The molecule has 192 valence electrons. The van der Waals surface area contributed by atoms with E-state index >= 15 is 0 Å². The molecule has 2 amide bonds. The van der Waals surface area contributed by atoms with Gasteiger partial charge in [-0.2, -0.15) is 12.7 Å². The van der Waals surface area contributed by atoms with Crippen LogP contribution in [-0.2, 0) is 26.3 Å². The lowest BCUT2D eigenvalue weighted by molar-refractivity contribution is -0.140. The fourth-order valence-electron chi connectivity index (χ4n) is 3.50. The second-order valence-electron chi connectivity index (χ2n) is 7.97. The van der Waals surface area contributed by atoms with Crippen LogP contribution in [0.1, 0.15) is 25.8 Å². The van der Waals surface area contributed by atoms with Crippen LogP contribution in [0, 0.1) is 5.82 Å². The molecule has 1 atom stereocenters. The Labute approximate surface area is 206 Å². The first-order valence-corrected chi connectivity index (χ1v) is 12.6. The van der Waals surface area contributed by atoms with Crippen LogP contribution < -0.4 is 14.4 Å². The van der Waals surface area contributed by atoms with Crippen molar-refractivity contribution in [3.63, 3.8) is 0 Å². The summed E-state index contributed by atoms with van der Waals surface area (Å²) in [6.07, 6.45) is 0.318. The minimum atomic E-state index is -4.10. The zero-order valence-corrected chi connectivity index (χ0v) is 21.5. The fourth-order valence-corrected chi connectivity index (χ4v) is 4.56. The van der Waals surface area contributed by atoms with E-state index in [4.69, 9.17) is 4.74 Å². The summed E-state index contributed by atoms with van der Waals surface area (Å²) in [5.41, 5.74) is 0.838. The molecule has 0 radical (unpaired) electrons. The molecular weight excluding hydrogens is 475 g/mol. The van der Waals surface area contributed by atoms with Crippen molar-refractivity contribution < 1.29 is 27.1 Å². The van der Waals surface area contributed by atoms with Gasteiger partial charge >= 0.3 is 10.2 Å². The highest BCUT2D eigenvalue weighted by molar-refractivity contribution is 7.90. The molecule has 0 aromatic heterocycles. The van der Waals surface area contributed by atoms with Crippen molar-refractivity contribution in [2.45, 2.75) is 32.9 Å². The van der Waals surface area contributed by atoms with Gasteiger partial charge in [-0.25, -0.2) is 8.70 Å². The summed E-state index contributed by atoms with van der Waals surface area (Å²) in [6.45, 7) is 3.42. The average molecular weight is 509 g/mol. The number of ether oxygens (including phenoxy) is 1. The smallest absolute Gasteiger partial charge is 0.304 e. The van der Waals surface area contributed by atoms with E-state index in [1.54, 1.807) is 38.1 Å². The number of nitrogens with one attached hydrogen (secondary N) is 1. The monoisotopic (exact) mass is 508 g/mol. The van der Waals surface area contributed by atoms with Gasteiger partial charge in [-0.05, 0) is 55.3 Å². The van der Waals surface area contributed by atoms with Crippen LogP contribution in [0.3, 0.4) is 0 Å². The van der Waals surface area contributed by atoms with Crippen LogP contribution >= 0.6 is 0 Å². The number of amides is 2. The van der Waals surface area contributed by atoms with E-state index in [-0.39, 0.29) is 18.1 Å². The second-order valence-corrected chi connectivity index (χ2v) is 10.0. The molecule has 2 rings (SSSR count). The number of likely N-dealkylation sites (N-methyl/N-ethyl adjacent to an activating group) is 1. The standard InChI is InChI=1S/C24H33FN4O5S/c1-6-22(24(31)26-7-2)28(16-18-9-8-10-21(15-18)34-5)23(30)17-29(35(32,33)27(3)4)20-13-11-19(25)12-14-20/h8-15,22H,6-7,16-17H2,1-5H3,(H,26,31)/t22-/m0/s1. The number of halogens is 1. The molecule has 0 heterocycles. The third-order valence-electron chi connectivity index (χ3n) is 5.36. The Kier molecular flexibility index (Phi) is 10.0. The van der Waals surface area contributed by atoms with E-state index in [2.05, 4.69) is 5.32 Å². The lowest BCUT2D eigenvalue weighted by atomic mass is 10.1. The predicted octanol–water partition coefficient (Wildman–Crippen LogP) is 2.39. The number of methoxy groups -OCH3 is 1. The highest BCUT2D eigenvalue weighted by atomic mass is 32.2. The Hall–Kier alpha value is -3.18. The molecule has 0 fully saturated rings. The van der Waals surface area contributed by atoms with Crippen molar-refractivity contribution in [2.75, 3.05) is 38.6 Å². The number of carbonyl (C=O) groups excluding carboxylic acids is 2. The molecular formula is C24H33FN4O5S. The highest BCUT2D eigenvalue weighted by Crippen LogP contribution is 2.22. The first-order chi connectivity index (χ1) is 16.5. The summed E-state index contributed by atoms with van der Waals surface area (Å²) in [5.74, 6) is -0.871. The SMILES string of the molecule is CCNC(=O)[C@H](CC)N(Cc1cccc(OC)c1)C(=O)CN(c1ccc(F)cc1)S(=O)(=O)N(C)C. The van der Waals surface area contributed by atoms with E-state index < -0.39 is 34.5 Å². The molecule has 1 N–H and O–H groups in total. The van der Waals surface area contributed by atoms with Gasteiger partial charge in [0.1, 0.15) is 24.2 Å². The van der Waals surface area contributed by atoms with Crippen LogP contribution in [0.25, 0.3) is 0 Å². The molecule has 0 aliphatic heterocycles. The topological polar surface area (TPSA) is 99.3 Å². The quantitative estimate of drug-likeness (QED) is 0.475. The highest BCUT2D eigenvalue weighted by Gasteiger charge is 2.33. The average Bonchev–Trinajstić information content (AvgIpc) is 2.83. The summed E-state index contributed by atoms with van der Waals surface area (Å²) in [7, 11) is 0.105. The number of benzene rings is 2. The summed E-state index contributed by atoms with van der Waals surface area (Å²) >= 11 is 0. The van der Waals surface area contributed by atoms with E-state index in [1.165, 1.54) is 38.2 Å². The minimum Gasteiger partial charge on any atom is -0.497 e. The van der Waals surface area contributed by atoms with Gasteiger partial charge in [0.15, 0.2) is 0 Å². The van der Waals surface area contributed by atoms with E-state index in [1.807, 2.05) is 0 Å². The molecule has 0 saturated heterocycles. The summed E-state index contributed by atoms with van der Waals surface area (Å²) in [5, 5.41) is 2.74. The molecule has 2 aromatic carbocycles. The van der Waals surface area contributed by atoms with Crippen LogP contribution in [0.15, 0.2) is 48.5 Å². The number of nitrogens with zero attached hydrogens (tertiary/aromatic N) is 3. The van der Waals surface area contributed by atoms with Crippen molar-refractivity contribution in [2.24, 2.45) is 0 Å². The Bertz CT molecular complexity index is 1110. The first-order valence-electron chi connectivity index (χ1n) is 11.2. The molecule has 0 unspecified atom stereocenters. The van der Waals surface area contributed by atoms with Crippen LogP contribution in [-0.4, -0.2) is 69.8 Å². The predicted molar refractivity (Wildman–Crippen MR) is 133 cm³/mol. The molecule has 35 heavy (non-hydrogen) atoms. The zero-order valence-electron chi connectivity index (χ0n) is 20.7. The largest absolute Gasteiger partial charge is 0.497 e. The lowest BCUT2D eigenvalue weighted by Crippen LogP contribution is -2.53. The van der Waals surface area contributed by atoms with E-state index in [9.17, 15) is 22.4 Å². The fraction of sp³-hybridized carbons (Fsp3) is 0.417. The van der Waals surface area contributed by atoms with Crippen molar-refractivity contribution in [1.29, 1.82) is 0 Å². The molecule has 0 aliphatic carbocycles. The Morgan fingerprint density at radius 3 is 2.29 bits per heavy atom. The van der Waals surface area contributed by atoms with E-state index in [0.29, 0.717) is 24.3 Å². The van der Waals surface area contributed by atoms with E-state index in [0.717, 1.165) is 20.7 Å². The normalized spacial score (nSPS) is 12.2. The van der Waals surface area contributed by atoms with Crippen molar-refractivity contribution in [1.82, 2.24) is 14.5 Å². The number of hydrogen-bond acceptors (Lipinski definition) is 5. The molecule has 0 bridgehead atoms. The Balaban J connectivity index is 2.50. The maximum Gasteiger partial charge on any atom is 0.304 e. The lowest BCUT2D eigenvalue weighted by Gasteiger charge is -2.33. The number of anilines is 1. The molecule has 0 aliphatic rings. The molecule has 0 spiro atoms.